The van der Waals surface area contributed by atoms with Gasteiger partial charge in [-0.25, -0.2) is 0 Å². The van der Waals surface area contributed by atoms with Gasteiger partial charge in [0, 0.05) is 18.5 Å². The predicted octanol–water partition coefficient (Wildman–Crippen LogP) is 6.92. The molecule has 2 unspecified atom stereocenters. The normalized spacial score (nSPS) is 21.2. The summed E-state index contributed by atoms with van der Waals surface area (Å²) in [5.74, 6) is 0.291. The Balaban J connectivity index is 1.52. The highest BCUT2D eigenvalue weighted by Crippen LogP contribution is 2.38. The van der Waals surface area contributed by atoms with Gasteiger partial charge in [0.1, 0.15) is 0 Å². The number of hydrogen-bond acceptors (Lipinski definition) is 2. The molecule has 1 N–H and O–H groups in total. The van der Waals surface area contributed by atoms with E-state index in [4.69, 9.17) is 4.99 Å². The van der Waals surface area contributed by atoms with Crippen LogP contribution in [0.15, 0.2) is 108 Å². The van der Waals surface area contributed by atoms with Crippen LogP contribution >= 0.6 is 0 Å². The zero-order valence-electron chi connectivity index (χ0n) is 18.8. The van der Waals surface area contributed by atoms with Crippen LogP contribution in [0.25, 0.3) is 0 Å². The number of aliphatic imine (C=N–C) groups is 1. The quantitative estimate of drug-likeness (QED) is 0.447. The topological polar surface area (TPSA) is 24.4 Å². The van der Waals surface area contributed by atoms with Crippen molar-refractivity contribution in [1.82, 2.24) is 5.32 Å². The van der Waals surface area contributed by atoms with Gasteiger partial charge in [0.25, 0.3) is 0 Å². The van der Waals surface area contributed by atoms with Crippen molar-refractivity contribution in [3.05, 3.63) is 130 Å². The highest BCUT2D eigenvalue weighted by atomic mass is 14.9. The molecule has 0 fully saturated rings. The van der Waals surface area contributed by atoms with Gasteiger partial charge in [0.2, 0.25) is 0 Å². The summed E-state index contributed by atoms with van der Waals surface area (Å²) in [5, 5.41) is 3.66. The predicted molar refractivity (Wildman–Crippen MR) is 134 cm³/mol. The molecule has 2 aliphatic heterocycles. The monoisotopic (exact) mass is 418 g/mol. The molecule has 0 amide bonds. The van der Waals surface area contributed by atoms with E-state index < -0.39 is 0 Å². The molecule has 3 atom stereocenters. The summed E-state index contributed by atoms with van der Waals surface area (Å²) in [6, 6.07) is 28.7. The second-order valence-electron chi connectivity index (χ2n) is 8.79. The summed E-state index contributed by atoms with van der Waals surface area (Å²) in [4.78, 5) is 5.16. The second kappa shape index (κ2) is 9.10. The van der Waals surface area contributed by atoms with Gasteiger partial charge in [0.05, 0.1) is 11.8 Å². The Morgan fingerprint density at radius 2 is 1.47 bits per heavy atom. The van der Waals surface area contributed by atoms with E-state index in [0.29, 0.717) is 12.0 Å². The van der Waals surface area contributed by atoms with Crippen molar-refractivity contribution in [1.29, 1.82) is 0 Å². The number of rotatable bonds is 5. The summed E-state index contributed by atoms with van der Waals surface area (Å²) in [6.07, 6.45) is 7.87. The van der Waals surface area contributed by atoms with Crippen LogP contribution in [0.5, 0.6) is 0 Å². The SMILES string of the molecule is CC1=CC(c2ccccc2[C@H](C)c2ccccc2C2CC=CCN2)N=C1c1ccccc1. The van der Waals surface area contributed by atoms with Crippen LogP contribution in [-0.2, 0) is 0 Å². The van der Waals surface area contributed by atoms with Gasteiger partial charge in [-0.15, -0.1) is 0 Å². The molecule has 32 heavy (non-hydrogen) atoms. The Morgan fingerprint density at radius 1 is 0.812 bits per heavy atom. The second-order valence-corrected chi connectivity index (χ2v) is 8.79. The number of nitrogens with zero attached hydrogens (tertiary/aromatic N) is 1. The lowest BCUT2D eigenvalue weighted by Crippen LogP contribution is -2.25. The van der Waals surface area contributed by atoms with Gasteiger partial charge >= 0.3 is 0 Å². The van der Waals surface area contributed by atoms with Gasteiger partial charge in [-0.3, -0.25) is 4.99 Å². The average Bonchev–Trinajstić information content (AvgIpc) is 3.26. The van der Waals surface area contributed by atoms with Gasteiger partial charge in [-0.2, -0.15) is 0 Å². The third-order valence-electron chi connectivity index (χ3n) is 6.74. The third-order valence-corrected chi connectivity index (χ3v) is 6.74. The molecule has 0 aromatic heterocycles. The molecule has 0 saturated heterocycles. The maximum Gasteiger partial charge on any atom is 0.0947 e. The van der Waals surface area contributed by atoms with Crippen LogP contribution in [0.3, 0.4) is 0 Å². The Kier molecular flexibility index (Phi) is 5.87. The van der Waals surface area contributed by atoms with E-state index in [1.165, 1.54) is 33.4 Å². The largest absolute Gasteiger partial charge is 0.306 e. The molecule has 0 aliphatic carbocycles. The maximum atomic E-state index is 5.16. The van der Waals surface area contributed by atoms with Crippen LogP contribution in [0.4, 0.5) is 0 Å². The van der Waals surface area contributed by atoms with Crippen molar-refractivity contribution in [2.75, 3.05) is 6.54 Å². The summed E-state index contributed by atoms with van der Waals surface area (Å²) in [6.45, 7) is 5.45. The standard InChI is InChI=1S/C30H30N2/c1-21-20-29(32-30(21)23-12-4-3-5-13-23)27-17-9-7-15-25(27)22(2)24-14-6-8-16-26(24)28-18-10-11-19-31-28/h3-17,20,22,28-29,31H,18-19H2,1-2H3/t22-,28?,29?/m1/s1. The molecule has 2 nitrogen and oxygen atoms in total. The number of hydrogen-bond donors (Lipinski definition) is 1. The van der Waals surface area contributed by atoms with Crippen molar-refractivity contribution >= 4 is 5.71 Å². The summed E-state index contributed by atoms with van der Waals surface area (Å²) in [7, 11) is 0. The summed E-state index contributed by atoms with van der Waals surface area (Å²) < 4.78 is 0. The van der Waals surface area contributed by atoms with Gasteiger partial charge in [0.15, 0.2) is 0 Å². The fourth-order valence-electron chi connectivity index (χ4n) is 5.06. The van der Waals surface area contributed by atoms with E-state index in [2.05, 4.69) is 116 Å². The molecule has 0 bridgehead atoms. The zero-order chi connectivity index (χ0) is 21.9. The maximum absolute atomic E-state index is 5.16. The lowest BCUT2D eigenvalue weighted by molar-refractivity contribution is 0.548. The Labute approximate surface area is 191 Å². The lowest BCUT2D eigenvalue weighted by atomic mass is 9.83. The first-order valence-electron chi connectivity index (χ1n) is 11.6. The average molecular weight is 419 g/mol. The zero-order valence-corrected chi connectivity index (χ0v) is 18.8. The Bertz CT molecular complexity index is 1190. The summed E-state index contributed by atoms with van der Waals surface area (Å²) in [5.41, 5.74) is 9.02. The first kappa shape index (κ1) is 20.7. The van der Waals surface area contributed by atoms with Crippen LogP contribution in [-0.4, -0.2) is 12.3 Å². The van der Waals surface area contributed by atoms with E-state index in [0.717, 1.165) is 18.7 Å². The fraction of sp³-hybridized carbons (Fsp3) is 0.233. The minimum absolute atomic E-state index is 0.0618. The van der Waals surface area contributed by atoms with Crippen molar-refractivity contribution in [3.63, 3.8) is 0 Å². The van der Waals surface area contributed by atoms with Crippen molar-refractivity contribution in [2.24, 2.45) is 4.99 Å². The molecular weight excluding hydrogens is 388 g/mol. The fourth-order valence-corrected chi connectivity index (χ4v) is 5.06. The molecule has 2 aliphatic rings. The highest BCUT2D eigenvalue weighted by molar-refractivity contribution is 6.13. The van der Waals surface area contributed by atoms with E-state index in [1.54, 1.807) is 0 Å². The summed E-state index contributed by atoms with van der Waals surface area (Å²) >= 11 is 0. The van der Waals surface area contributed by atoms with Gasteiger partial charge in [-0.05, 0) is 46.7 Å². The minimum atomic E-state index is 0.0618. The Morgan fingerprint density at radius 3 is 2.19 bits per heavy atom. The van der Waals surface area contributed by atoms with Crippen LogP contribution in [0.1, 0.15) is 66.1 Å². The van der Waals surface area contributed by atoms with Crippen molar-refractivity contribution in [2.45, 2.75) is 38.3 Å². The van der Waals surface area contributed by atoms with E-state index in [-0.39, 0.29) is 6.04 Å². The first-order valence-corrected chi connectivity index (χ1v) is 11.6. The van der Waals surface area contributed by atoms with E-state index in [1.807, 2.05) is 0 Å². The van der Waals surface area contributed by atoms with E-state index >= 15 is 0 Å². The van der Waals surface area contributed by atoms with E-state index in [9.17, 15) is 0 Å². The number of benzene rings is 3. The van der Waals surface area contributed by atoms with Gasteiger partial charge in [-0.1, -0.05) is 104 Å². The third kappa shape index (κ3) is 3.99. The molecule has 0 radical (unpaired) electrons. The molecular formula is C30H30N2. The van der Waals surface area contributed by atoms with Crippen LogP contribution < -0.4 is 5.32 Å². The number of nitrogens with one attached hydrogen (secondary N) is 1. The minimum Gasteiger partial charge on any atom is -0.306 e. The molecule has 3 aromatic rings. The smallest absolute Gasteiger partial charge is 0.0947 e. The van der Waals surface area contributed by atoms with Crippen LogP contribution in [0.2, 0.25) is 0 Å². The van der Waals surface area contributed by atoms with Crippen molar-refractivity contribution in [3.8, 4) is 0 Å². The number of allylic oxidation sites excluding steroid dienone is 1. The lowest BCUT2D eigenvalue weighted by Gasteiger charge is -2.27. The molecule has 0 spiro atoms. The molecule has 2 heteroatoms. The van der Waals surface area contributed by atoms with Crippen molar-refractivity contribution < 1.29 is 0 Å². The molecule has 2 heterocycles. The molecule has 3 aromatic carbocycles. The highest BCUT2D eigenvalue weighted by Gasteiger charge is 2.25. The molecule has 0 saturated carbocycles. The molecule has 160 valence electrons. The Hall–Kier alpha value is -3.23. The first-order chi connectivity index (χ1) is 15.7. The van der Waals surface area contributed by atoms with Crippen LogP contribution in [0, 0.1) is 0 Å². The van der Waals surface area contributed by atoms with Gasteiger partial charge < -0.3 is 5.32 Å². The molecule has 5 rings (SSSR count).